The quantitative estimate of drug-likeness (QED) is 0.263. The fraction of sp³-hybridized carbons (Fsp3) is 0.417. The summed E-state index contributed by atoms with van der Waals surface area (Å²) in [4.78, 5) is 31.9. The number of carbonyl (C=O) groups excluding carboxylic acids is 1. The first-order chi connectivity index (χ1) is 17.3. The minimum Gasteiger partial charge on any atom is -0.360 e. The van der Waals surface area contributed by atoms with E-state index in [1.807, 2.05) is 27.7 Å². The smallest absolute Gasteiger partial charge is 0.330 e. The van der Waals surface area contributed by atoms with E-state index < -0.39 is 16.0 Å². The first kappa shape index (κ1) is 26.0. The van der Waals surface area contributed by atoms with Crippen molar-refractivity contribution in [2.24, 2.45) is 0 Å². The van der Waals surface area contributed by atoms with E-state index in [1.165, 1.54) is 5.06 Å². The molecule has 1 aliphatic rings. The van der Waals surface area contributed by atoms with Crippen LogP contribution in [0.15, 0.2) is 41.1 Å². The predicted molar refractivity (Wildman–Crippen MR) is 135 cm³/mol. The molecule has 1 amide bonds. The monoisotopic (exact) mass is 510 g/mol. The summed E-state index contributed by atoms with van der Waals surface area (Å²) < 4.78 is 4.98. The average Bonchev–Trinajstić information content (AvgIpc) is 3.22. The van der Waals surface area contributed by atoms with Gasteiger partial charge >= 0.3 is 5.69 Å². The highest BCUT2D eigenvalue weighted by atomic mass is 16.6. The van der Waals surface area contributed by atoms with E-state index in [2.05, 4.69) is 31.1 Å². The fourth-order valence-corrected chi connectivity index (χ4v) is 4.68. The Morgan fingerprint density at radius 3 is 2.38 bits per heavy atom. The molecule has 13 heteroatoms. The Morgan fingerprint density at radius 2 is 1.81 bits per heavy atom. The van der Waals surface area contributed by atoms with Crippen LogP contribution in [-0.2, 0) is 0 Å². The molecule has 0 saturated carbocycles. The minimum absolute atomic E-state index is 0.0495. The number of anilines is 4. The van der Waals surface area contributed by atoms with Crippen molar-refractivity contribution >= 4 is 34.9 Å². The number of hydrogen-bond acceptors (Lipinski definition) is 11. The second-order valence-corrected chi connectivity index (χ2v) is 10.4. The molecule has 1 aromatic carbocycles. The van der Waals surface area contributed by atoms with E-state index in [0.717, 1.165) is 6.20 Å². The standard InChI is InChI=1S/C24H30N8O5/c1-14-10-19(30-37-14)28-20-18(31(34)35)13-25-22(29-20)27-16-8-6-15(7-9-16)21(33)26-17-11-23(2,3)32(36)24(4,5)12-17/h6-10,13,17,36H,11-12H2,1-5H3,(H,26,33)(H2,25,27,28,29,30). The van der Waals surface area contributed by atoms with Crippen molar-refractivity contribution in [1.82, 2.24) is 25.5 Å². The first-order valence-electron chi connectivity index (χ1n) is 11.7. The molecular formula is C24H30N8O5. The zero-order valence-electron chi connectivity index (χ0n) is 21.3. The normalized spacial score (nSPS) is 17.2. The zero-order chi connectivity index (χ0) is 27.0. The fourth-order valence-electron chi connectivity index (χ4n) is 4.68. The summed E-state index contributed by atoms with van der Waals surface area (Å²) in [5, 5.41) is 35.8. The zero-order valence-corrected chi connectivity index (χ0v) is 21.3. The van der Waals surface area contributed by atoms with Crippen LogP contribution in [0.25, 0.3) is 0 Å². The molecule has 37 heavy (non-hydrogen) atoms. The van der Waals surface area contributed by atoms with E-state index in [1.54, 1.807) is 37.3 Å². The largest absolute Gasteiger partial charge is 0.360 e. The second kappa shape index (κ2) is 9.75. The number of aryl methyl sites for hydroxylation is 1. The average molecular weight is 511 g/mol. The lowest BCUT2D eigenvalue weighted by Gasteiger charge is -2.51. The molecule has 1 fully saturated rings. The number of amides is 1. The molecule has 3 aromatic rings. The van der Waals surface area contributed by atoms with Crippen molar-refractivity contribution in [2.75, 3.05) is 10.6 Å². The number of nitrogens with one attached hydrogen (secondary N) is 3. The van der Waals surface area contributed by atoms with Gasteiger partial charge in [0, 0.05) is 34.4 Å². The van der Waals surface area contributed by atoms with Gasteiger partial charge in [0.05, 0.1) is 4.92 Å². The maximum atomic E-state index is 12.9. The number of carbonyl (C=O) groups is 1. The maximum Gasteiger partial charge on any atom is 0.330 e. The van der Waals surface area contributed by atoms with Crippen molar-refractivity contribution in [3.8, 4) is 0 Å². The van der Waals surface area contributed by atoms with Crippen molar-refractivity contribution in [1.29, 1.82) is 0 Å². The third-order valence-electron chi connectivity index (χ3n) is 6.22. The summed E-state index contributed by atoms with van der Waals surface area (Å²) in [5.41, 5.74) is -0.210. The topological polar surface area (TPSA) is 172 Å². The van der Waals surface area contributed by atoms with Gasteiger partial charge in [-0.05, 0) is 71.7 Å². The highest BCUT2D eigenvalue weighted by Gasteiger charge is 2.45. The van der Waals surface area contributed by atoms with Crippen molar-refractivity contribution < 1.29 is 19.4 Å². The molecule has 0 atom stereocenters. The van der Waals surface area contributed by atoms with Crippen LogP contribution in [0, 0.1) is 17.0 Å². The number of nitrogens with zero attached hydrogens (tertiary/aromatic N) is 5. The molecule has 4 N–H and O–H groups in total. The van der Waals surface area contributed by atoms with Crippen LogP contribution in [0.4, 0.5) is 29.0 Å². The molecule has 0 aliphatic carbocycles. The van der Waals surface area contributed by atoms with Crippen LogP contribution in [0.3, 0.4) is 0 Å². The van der Waals surface area contributed by atoms with Gasteiger partial charge in [0.25, 0.3) is 5.91 Å². The van der Waals surface area contributed by atoms with Crippen molar-refractivity contribution in [2.45, 2.75) is 64.6 Å². The number of hydroxylamine groups is 2. The molecule has 0 spiro atoms. The van der Waals surface area contributed by atoms with Gasteiger partial charge in [-0.15, -0.1) is 0 Å². The van der Waals surface area contributed by atoms with Gasteiger partial charge in [-0.2, -0.15) is 10.0 Å². The molecule has 196 valence electrons. The van der Waals surface area contributed by atoms with Crippen LogP contribution in [0.2, 0.25) is 0 Å². The Hall–Kier alpha value is -4.10. The number of benzene rings is 1. The van der Waals surface area contributed by atoms with Crippen LogP contribution in [-0.4, -0.2) is 53.3 Å². The highest BCUT2D eigenvalue weighted by molar-refractivity contribution is 5.94. The number of rotatable bonds is 7. The summed E-state index contributed by atoms with van der Waals surface area (Å²) in [6, 6.07) is 8.20. The van der Waals surface area contributed by atoms with Crippen LogP contribution < -0.4 is 16.0 Å². The molecule has 0 unspecified atom stereocenters. The third-order valence-corrected chi connectivity index (χ3v) is 6.22. The van der Waals surface area contributed by atoms with Crippen LogP contribution in [0.1, 0.15) is 56.7 Å². The molecule has 4 rings (SSSR count). The van der Waals surface area contributed by atoms with Gasteiger partial charge in [-0.1, -0.05) is 5.16 Å². The Bertz CT molecular complexity index is 1290. The SMILES string of the molecule is Cc1cc(Nc2nc(Nc3ccc(C(=O)NC4CC(C)(C)N(O)C(C)(C)C4)cc3)ncc2[N+](=O)[O-])no1. The molecule has 1 saturated heterocycles. The number of nitro groups is 1. The summed E-state index contributed by atoms with van der Waals surface area (Å²) in [6.45, 7) is 9.48. The van der Waals surface area contributed by atoms with Gasteiger partial charge in [0.1, 0.15) is 12.0 Å². The molecule has 0 bridgehead atoms. The summed E-state index contributed by atoms with van der Waals surface area (Å²) >= 11 is 0. The predicted octanol–water partition coefficient (Wildman–Crippen LogP) is 4.31. The summed E-state index contributed by atoms with van der Waals surface area (Å²) in [6.07, 6.45) is 2.31. The maximum absolute atomic E-state index is 12.9. The summed E-state index contributed by atoms with van der Waals surface area (Å²) in [5.74, 6) is 0.665. The lowest BCUT2D eigenvalue weighted by atomic mass is 9.79. The van der Waals surface area contributed by atoms with Gasteiger partial charge in [0.15, 0.2) is 5.82 Å². The first-order valence-corrected chi connectivity index (χ1v) is 11.7. The Labute approximate surface area is 213 Å². The minimum atomic E-state index is -0.598. The molecule has 1 aliphatic heterocycles. The third kappa shape index (κ3) is 5.84. The van der Waals surface area contributed by atoms with Gasteiger partial charge < -0.3 is 25.7 Å². The lowest BCUT2D eigenvalue weighted by molar-refractivity contribution is -0.384. The molecular weight excluding hydrogens is 480 g/mol. The Morgan fingerprint density at radius 1 is 1.16 bits per heavy atom. The van der Waals surface area contributed by atoms with Gasteiger partial charge in [-0.25, -0.2) is 4.98 Å². The van der Waals surface area contributed by atoms with E-state index in [-0.39, 0.29) is 35.2 Å². The number of aromatic nitrogens is 3. The summed E-state index contributed by atoms with van der Waals surface area (Å²) in [7, 11) is 0. The van der Waals surface area contributed by atoms with E-state index >= 15 is 0 Å². The molecule has 13 nitrogen and oxygen atoms in total. The number of hydrogen-bond donors (Lipinski definition) is 4. The van der Waals surface area contributed by atoms with E-state index in [4.69, 9.17) is 4.52 Å². The van der Waals surface area contributed by atoms with Crippen molar-refractivity contribution in [3.05, 3.63) is 58.0 Å². The molecule has 3 heterocycles. The van der Waals surface area contributed by atoms with Gasteiger partial charge in [0.2, 0.25) is 11.8 Å². The molecule has 0 radical (unpaired) electrons. The van der Waals surface area contributed by atoms with E-state index in [9.17, 15) is 20.1 Å². The Balaban J connectivity index is 1.44. The number of piperidine rings is 1. The van der Waals surface area contributed by atoms with Gasteiger partial charge in [-0.3, -0.25) is 14.9 Å². The van der Waals surface area contributed by atoms with Crippen LogP contribution >= 0.6 is 0 Å². The lowest BCUT2D eigenvalue weighted by Crippen LogP contribution is -2.62. The highest BCUT2D eigenvalue weighted by Crippen LogP contribution is 2.36. The van der Waals surface area contributed by atoms with Crippen LogP contribution in [0.5, 0.6) is 0 Å². The van der Waals surface area contributed by atoms with Crippen molar-refractivity contribution in [3.63, 3.8) is 0 Å². The second-order valence-electron chi connectivity index (χ2n) is 10.4. The molecule has 2 aromatic heterocycles. The van der Waals surface area contributed by atoms with E-state index in [0.29, 0.717) is 29.9 Å². The Kier molecular flexibility index (Phi) is 6.84.